The summed E-state index contributed by atoms with van der Waals surface area (Å²) in [5.74, 6) is 0. The predicted octanol–water partition coefficient (Wildman–Crippen LogP) is -1.92. The van der Waals surface area contributed by atoms with Crippen molar-refractivity contribution in [2.45, 2.75) is 0 Å². The minimum absolute atomic E-state index is 0.293. The zero-order valence-electron chi connectivity index (χ0n) is 3.39. The van der Waals surface area contributed by atoms with Crippen LogP contribution in [0.4, 0.5) is 0 Å². The summed E-state index contributed by atoms with van der Waals surface area (Å²) in [5, 5.41) is 0. The molecule has 0 atom stereocenters. The molecule has 0 amide bonds. The van der Waals surface area contributed by atoms with Gasteiger partial charge in [-0.2, -0.15) is 0 Å². The average molecular weight is 200 g/mol. The van der Waals surface area contributed by atoms with E-state index in [-0.39, 0.29) is 10.9 Å². The zero-order valence-corrected chi connectivity index (χ0v) is 6.25. The molecule has 2 nitrogen and oxygen atoms in total. The molecule has 0 aliphatic heterocycles. The summed E-state index contributed by atoms with van der Waals surface area (Å²) in [4.78, 5) is 20.2. The summed E-state index contributed by atoms with van der Waals surface area (Å²) < 4.78 is 0.664. The van der Waals surface area contributed by atoms with E-state index in [2.05, 4.69) is 0 Å². The first-order chi connectivity index (χ1) is 3.22. The van der Waals surface area contributed by atoms with Crippen LogP contribution in [0, 0.1) is 0 Å². The molecule has 0 aromatic heterocycles. The molecule has 0 heterocycles. The molecule has 0 bridgehead atoms. The van der Waals surface area contributed by atoms with Gasteiger partial charge in [-0.05, 0) is 0 Å². The summed E-state index contributed by atoms with van der Waals surface area (Å²) >= 11 is 1.04. The summed E-state index contributed by atoms with van der Waals surface area (Å²) in [6, 6.07) is 1.38. The van der Waals surface area contributed by atoms with E-state index in [1.165, 1.54) is 6.07 Å². The SMILES string of the molecule is O=c1c[c]([Sn])c1=O. The Labute approximate surface area is 52.9 Å². The normalized spacial score (nSPS) is 9.86. The van der Waals surface area contributed by atoms with Crippen molar-refractivity contribution in [1.29, 1.82) is 0 Å². The molecule has 1 rings (SSSR count). The Bertz CT molecular complexity index is 243. The van der Waals surface area contributed by atoms with Gasteiger partial charge in [0.25, 0.3) is 0 Å². The second-order valence-corrected chi connectivity index (χ2v) is 2.79. The third-order valence-electron chi connectivity index (χ3n) is 0.744. The van der Waals surface area contributed by atoms with E-state index in [9.17, 15) is 9.59 Å². The average Bonchev–Trinajstić information content (AvgIpc) is 1.68. The molecule has 0 aliphatic rings. The van der Waals surface area contributed by atoms with Gasteiger partial charge in [-0.15, -0.1) is 0 Å². The van der Waals surface area contributed by atoms with E-state index in [1.807, 2.05) is 0 Å². The van der Waals surface area contributed by atoms with Gasteiger partial charge in [-0.25, -0.2) is 0 Å². The van der Waals surface area contributed by atoms with Crippen molar-refractivity contribution in [2.24, 2.45) is 0 Å². The maximum atomic E-state index is 10.2. The van der Waals surface area contributed by atoms with Gasteiger partial charge in [-0.3, -0.25) is 0 Å². The molecule has 0 fully saturated rings. The number of rotatable bonds is 0. The molecule has 0 saturated heterocycles. The van der Waals surface area contributed by atoms with Crippen LogP contribution in [0.2, 0.25) is 0 Å². The van der Waals surface area contributed by atoms with Crippen LogP contribution in [-0.2, 0) is 0 Å². The Morgan fingerprint density at radius 2 is 2.00 bits per heavy atom. The van der Waals surface area contributed by atoms with E-state index in [4.69, 9.17) is 0 Å². The fourth-order valence-corrected chi connectivity index (χ4v) is 1.04. The van der Waals surface area contributed by atoms with Crippen molar-refractivity contribution in [3.63, 3.8) is 0 Å². The van der Waals surface area contributed by atoms with Crippen LogP contribution in [0.5, 0.6) is 0 Å². The van der Waals surface area contributed by atoms with Gasteiger partial charge in [-0.1, -0.05) is 0 Å². The van der Waals surface area contributed by atoms with Crippen LogP contribution < -0.4 is 14.4 Å². The van der Waals surface area contributed by atoms with Crippen molar-refractivity contribution in [2.75, 3.05) is 0 Å². The third-order valence-corrected chi connectivity index (χ3v) is 1.80. The Morgan fingerprint density at radius 1 is 1.43 bits per heavy atom. The second kappa shape index (κ2) is 1.43. The summed E-state index contributed by atoms with van der Waals surface area (Å²) in [6.07, 6.45) is 0. The molecule has 0 unspecified atom stereocenters. The first kappa shape index (κ1) is 5.02. The fraction of sp³-hybridized carbons (Fsp3) is 0. The van der Waals surface area contributed by atoms with E-state index < -0.39 is 0 Å². The molecule has 0 saturated carbocycles. The van der Waals surface area contributed by atoms with E-state index in [0.29, 0.717) is 3.58 Å². The van der Waals surface area contributed by atoms with Gasteiger partial charge in [0.2, 0.25) is 0 Å². The molecule has 3 heteroatoms. The van der Waals surface area contributed by atoms with Crippen LogP contribution in [0.1, 0.15) is 0 Å². The predicted molar refractivity (Wildman–Crippen MR) is 26.7 cm³/mol. The van der Waals surface area contributed by atoms with Crippen LogP contribution in [0.15, 0.2) is 15.7 Å². The van der Waals surface area contributed by atoms with Crippen LogP contribution in [0.3, 0.4) is 0 Å². The standard InChI is InChI=1S/C4HO2.Sn/c5-3-1-2-4(3)6;/h1H;. The van der Waals surface area contributed by atoms with Crippen LogP contribution in [0.25, 0.3) is 0 Å². The zero-order chi connectivity index (χ0) is 5.44. The van der Waals surface area contributed by atoms with Crippen molar-refractivity contribution in [3.8, 4) is 0 Å². The maximum absolute atomic E-state index is 10.2. The molecule has 7 heavy (non-hydrogen) atoms. The Morgan fingerprint density at radius 3 is 2.00 bits per heavy atom. The van der Waals surface area contributed by atoms with Gasteiger partial charge in [0.05, 0.1) is 0 Å². The molecule has 1 aromatic rings. The van der Waals surface area contributed by atoms with Crippen molar-refractivity contribution >= 4 is 26.1 Å². The molecule has 3 radical (unpaired) electrons. The molecule has 0 N–H and O–H groups in total. The molecular formula is C4HO2Sn. The van der Waals surface area contributed by atoms with Crippen molar-refractivity contribution < 1.29 is 0 Å². The van der Waals surface area contributed by atoms with Gasteiger partial charge in [0.1, 0.15) is 0 Å². The molecule has 33 valence electrons. The second-order valence-electron chi connectivity index (χ2n) is 1.25. The van der Waals surface area contributed by atoms with Gasteiger partial charge >= 0.3 is 52.6 Å². The molecule has 1 aromatic carbocycles. The van der Waals surface area contributed by atoms with E-state index in [0.717, 1.165) is 22.5 Å². The number of hydrogen-bond donors (Lipinski definition) is 0. The summed E-state index contributed by atoms with van der Waals surface area (Å²) in [5.41, 5.74) is -0.634. The third kappa shape index (κ3) is 0.627. The van der Waals surface area contributed by atoms with Gasteiger partial charge in [0.15, 0.2) is 0 Å². The van der Waals surface area contributed by atoms with Crippen LogP contribution >= 0.6 is 0 Å². The molecule has 0 aliphatic carbocycles. The Kier molecular flexibility index (Phi) is 1.03. The summed E-state index contributed by atoms with van der Waals surface area (Å²) in [7, 11) is 0. The quantitative estimate of drug-likeness (QED) is 0.361. The van der Waals surface area contributed by atoms with Gasteiger partial charge < -0.3 is 0 Å². The van der Waals surface area contributed by atoms with E-state index >= 15 is 0 Å². The molecular weight excluding hydrogens is 199 g/mol. The fourth-order valence-electron chi connectivity index (χ4n) is 0.317. The molecule has 0 spiro atoms. The van der Waals surface area contributed by atoms with Crippen molar-refractivity contribution in [3.05, 3.63) is 26.5 Å². The number of hydrogen-bond acceptors (Lipinski definition) is 2. The van der Waals surface area contributed by atoms with Crippen LogP contribution in [-0.4, -0.2) is 22.5 Å². The van der Waals surface area contributed by atoms with Gasteiger partial charge in [0, 0.05) is 0 Å². The Balaban J connectivity index is 3.44. The topological polar surface area (TPSA) is 34.1 Å². The van der Waals surface area contributed by atoms with Crippen molar-refractivity contribution in [1.82, 2.24) is 0 Å². The van der Waals surface area contributed by atoms with E-state index in [1.54, 1.807) is 0 Å². The summed E-state index contributed by atoms with van der Waals surface area (Å²) in [6.45, 7) is 0. The first-order valence-corrected chi connectivity index (χ1v) is 3.16. The minimum atomic E-state index is -0.341. The Hall–Kier alpha value is -0.121. The monoisotopic (exact) mass is 201 g/mol. The first-order valence-electron chi connectivity index (χ1n) is 1.74.